The van der Waals surface area contributed by atoms with Crippen LogP contribution in [0.1, 0.15) is 160 Å². The fourth-order valence-electron chi connectivity index (χ4n) is 23.3. The number of fused-ring (bicyclic) bond motifs is 8. The van der Waals surface area contributed by atoms with Crippen molar-refractivity contribution in [3.8, 4) is 0 Å². The summed E-state index contributed by atoms with van der Waals surface area (Å²) in [7, 11) is 0. The first-order valence-corrected chi connectivity index (χ1v) is 45.9. The van der Waals surface area contributed by atoms with Crippen LogP contribution in [0.2, 0.25) is 0 Å². The van der Waals surface area contributed by atoms with E-state index in [-0.39, 0.29) is 70.6 Å². The maximum Gasteiger partial charge on any atom is 0.317 e. The highest BCUT2D eigenvalue weighted by atomic mass is 16.8. The van der Waals surface area contributed by atoms with E-state index in [9.17, 15) is 157 Å². The third-order valence-electron chi connectivity index (χ3n) is 31.7. The molecule has 47 heteroatoms. The number of imide groups is 1. The molecule has 770 valence electrons. The second-order valence-electron chi connectivity index (χ2n) is 40.4. The molecule has 7 aliphatic carbocycles. The molecule has 5 heterocycles. The minimum absolute atomic E-state index is 0.0364. The number of carbonyl (C=O) groups is 5. The lowest BCUT2D eigenvalue weighted by Gasteiger charge is -2.71. The average Bonchev–Trinajstić information content (AvgIpc) is 0.879. The van der Waals surface area contributed by atoms with Gasteiger partial charge in [-0.05, 0) is 144 Å². The van der Waals surface area contributed by atoms with Gasteiger partial charge in [0, 0.05) is 31.7 Å². The van der Waals surface area contributed by atoms with Gasteiger partial charge in [0.15, 0.2) is 72.1 Å². The lowest BCUT2D eigenvalue weighted by atomic mass is 9.33. The van der Waals surface area contributed by atoms with E-state index in [2.05, 4.69) is 12.2 Å². The van der Waals surface area contributed by atoms with Gasteiger partial charge in [-0.25, -0.2) is 0 Å². The van der Waals surface area contributed by atoms with Crippen LogP contribution < -0.4 is 5.32 Å². The number of nitrogens with zero attached hydrogens (tertiary/aromatic N) is 1. The summed E-state index contributed by atoms with van der Waals surface area (Å²) < 4.78 is 78.5. The van der Waals surface area contributed by atoms with Crippen molar-refractivity contribution in [3.63, 3.8) is 0 Å². The number of carbonyl (C=O) groups excluding carboxylic acids is 5. The van der Waals surface area contributed by atoms with Gasteiger partial charge in [-0.15, -0.1) is 0 Å². The monoisotopic (exact) mass is 1940 g/mol. The van der Waals surface area contributed by atoms with Gasteiger partial charge in [0.2, 0.25) is 12.6 Å². The standard InChI is InChI=1S/C88H138N2O45/c1-12-42(126-77-61(113)64(51(103)35(4)123-77)125-43-15-14-40(97)52(104)54(43)106)55(107)67(132-76-58(110)56(108)63(36(5)124-76)129-74(119)60(112)62(34(3)95)128-72(117)53(105)41(98)27-37(96)30-91)75(120)134-79(121)86-24-23-81(6,7)28-39(86)38-13-16-45-82(8)21-20-47(83(9,31-92)44(82)19-22-84(45,10)85(38,11)29-46(86)99)127-78-68(133-80-88(122)70(115)69(114)87(88,32-93)135-80)65(130-73(118)57(109)50(102)33(2)94)59(111)66(131-78)71(116)89-25-26-90-48(100)17-18-49(90)101/h13,17-18,31,33-37,39-40,42-47,50-52,54-59,61,63-70,72-78,80,91,93-99,102-115,117-120,122H,12,14-16,19-30,32H2,1-11H3,(H,89,116)/b53-41-,62-60-/t33?,34?,35?,36?,37?,39?,40?,42?,43?,44?,45?,46-,47+,50?,51?,52?,54?,55?,56?,57?,58?,59?,61?,63?,64?,65?,66?,67?,68?,69?,70?,72?,73?,74?,75?,76?,77?,78?,80?,82+,83+,84-,85-,86-,87?,88?/m1/s1. The van der Waals surface area contributed by atoms with Crippen LogP contribution in [0, 0.1) is 50.2 Å². The van der Waals surface area contributed by atoms with Crippen molar-refractivity contribution in [2.45, 2.75) is 392 Å². The third kappa shape index (κ3) is 19.4. The van der Waals surface area contributed by atoms with Crippen LogP contribution in [-0.4, -0.2) is 431 Å². The zero-order chi connectivity index (χ0) is 100. The molecule has 46 atom stereocenters. The number of ether oxygens (including phenoxy) is 13. The molecule has 0 aromatic heterocycles. The molecule has 47 nitrogen and oxygen atoms in total. The number of esters is 1. The summed E-state index contributed by atoms with van der Waals surface area (Å²) in [6, 6.07) is 0. The number of rotatable bonds is 37. The normalized spacial score (nSPS) is 44.8. The summed E-state index contributed by atoms with van der Waals surface area (Å²) in [5.74, 6) is -10.8. The second kappa shape index (κ2) is 41.5. The third-order valence-corrected chi connectivity index (χ3v) is 31.7. The van der Waals surface area contributed by atoms with E-state index in [4.69, 9.17) is 61.6 Å². The predicted octanol–water partition coefficient (Wildman–Crippen LogP) is -7.58. The van der Waals surface area contributed by atoms with Crippen molar-refractivity contribution in [2.24, 2.45) is 50.2 Å². The Morgan fingerprint density at radius 3 is 1.90 bits per heavy atom. The van der Waals surface area contributed by atoms with E-state index in [1.807, 2.05) is 33.8 Å². The molecule has 0 aromatic carbocycles. The Hall–Kier alpha value is -5.49. The number of hydrogen-bond donors (Lipinski definition) is 28. The van der Waals surface area contributed by atoms with Crippen LogP contribution in [0.25, 0.3) is 0 Å². The Morgan fingerprint density at radius 2 is 1.27 bits per heavy atom. The van der Waals surface area contributed by atoms with Crippen LogP contribution in [0.15, 0.2) is 46.8 Å². The zero-order valence-corrected chi connectivity index (χ0v) is 76.7. The first-order chi connectivity index (χ1) is 63.0. The first kappa shape index (κ1) is 108. The van der Waals surface area contributed by atoms with E-state index in [1.165, 1.54) is 20.8 Å². The van der Waals surface area contributed by atoms with Crippen LogP contribution in [0.5, 0.6) is 0 Å². The molecule has 0 aromatic rings. The fourth-order valence-corrected chi connectivity index (χ4v) is 23.3. The van der Waals surface area contributed by atoms with Gasteiger partial charge < -0.3 is 210 Å². The SMILES string of the molecule is CCC(OC1OC(C)C(O)C(OC2CCC(O)C(O)C2O)C1O)C(O)C(OC1OC(C)C(OC(O)/C(O)=C(/OC(O)/C(O)=C(/O)CC(O)CO)C(C)O)C(O)C1O)C(O)OC(=O)[C@]12CCC(C)(C)CC1C1=CCC3[C@@]4(C)CC[C@H](OC5OC(C(=O)NCCN6C(=O)C=CC6=O)C(O)C(OC(O)C(O)C(O)C(C)O)C5OC5OC6(CO)C(O)C(O)C56O)[C@@](C)(C=O)C4CC[C@@]3(C)[C@]1(C)C[C@H]2O. The fraction of sp³-hybridized carbons (Fsp3) is 0.852. The number of aliphatic hydroxyl groups excluding tert-OH is 26. The predicted molar refractivity (Wildman–Crippen MR) is 446 cm³/mol. The summed E-state index contributed by atoms with van der Waals surface area (Å²) >= 11 is 0. The van der Waals surface area contributed by atoms with Gasteiger partial charge in [0.05, 0.1) is 73.6 Å². The molecule has 12 aliphatic rings. The van der Waals surface area contributed by atoms with Crippen molar-refractivity contribution in [1.29, 1.82) is 0 Å². The lowest BCUT2D eigenvalue weighted by Crippen LogP contribution is -2.96. The molecule has 10 fully saturated rings. The number of aldehydes is 1. The van der Waals surface area contributed by atoms with E-state index >= 15 is 4.79 Å². The highest BCUT2D eigenvalue weighted by Crippen LogP contribution is 2.76. The number of hydrogen-bond acceptors (Lipinski definition) is 45. The summed E-state index contributed by atoms with van der Waals surface area (Å²) in [6.07, 6.45) is -67.3. The maximum absolute atomic E-state index is 16.2. The van der Waals surface area contributed by atoms with Crippen LogP contribution >= 0.6 is 0 Å². The van der Waals surface area contributed by atoms with Gasteiger partial charge in [0.25, 0.3) is 24.0 Å². The molecular weight excluding hydrogens is 1800 g/mol. The maximum atomic E-state index is 16.2. The van der Waals surface area contributed by atoms with Crippen LogP contribution in [-0.2, 0) is 85.6 Å². The highest BCUT2D eigenvalue weighted by Gasteiger charge is 2.85. The molecule has 12 rings (SSSR count). The Kier molecular flexibility index (Phi) is 33.3. The topological polar surface area (TPSA) is 767 Å². The van der Waals surface area contributed by atoms with Gasteiger partial charge in [0.1, 0.15) is 121 Å². The number of nitrogens with one attached hydrogen (secondary N) is 1. The van der Waals surface area contributed by atoms with Gasteiger partial charge in [-0.2, -0.15) is 0 Å². The molecule has 0 spiro atoms. The van der Waals surface area contributed by atoms with Gasteiger partial charge in [-0.3, -0.25) is 24.1 Å². The summed E-state index contributed by atoms with van der Waals surface area (Å²) in [6.45, 7) is 14.8. The van der Waals surface area contributed by atoms with Crippen molar-refractivity contribution in [2.75, 3.05) is 26.3 Å². The zero-order valence-electron chi connectivity index (χ0n) is 76.7. The molecule has 4 saturated heterocycles. The molecule has 39 unspecified atom stereocenters. The summed E-state index contributed by atoms with van der Waals surface area (Å²) in [5.41, 5.74) is -11.1. The molecular formula is C88H138N2O45. The Morgan fingerprint density at radius 1 is 0.622 bits per heavy atom. The van der Waals surface area contributed by atoms with Crippen LogP contribution in [0.4, 0.5) is 0 Å². The minimum Gasteiger partial charge on any atom is -0.508 e. The molecule has 135 heavy (non-hydrogen) atoms. The number of amides is 3. The van der Waals surface area contributed by atoms with Gasteiger partial charge in [-0.1, -0.05) is 60.1 Å². The molecule has 0 bridgehead atoms. The van der Waals surface area contributed by atoms with Crippen molar-refractivity contribution < 1.29 is 223 Å². The van der Waals surface area contributed by atoms with E-state index in [0.29, 0.717) is 12.7 Å². The average molecular weight is 1940 g/mol. The Bertz CT molecular complexity index is 4260. The smallest absolute Gasteiger partial charge is 0.317 e. The van der Waals surface area contributed by atoms with E-state index < -0.39 is 362 Å². The number of allylic oxidation sites excluding steroid dienone is 2. The molecule has 0 radical (unpaired) electrons. The second-order valence-corrected chi connectivity index (χ2v) is 40.4. The van der Waals surface area contributed by atoms with Crippen molar-refractivity contribution >= 4 is 30.0 Å². The molecule has 6 saturated carbocycles. The van der Waals surface area contributed by atoms with Crippen molar-refractivity contribution in [1.82, 2.24) is 10.2 Å². The largest absolute Gasteiger partial charge is 0.508 e. The highest BCUT2D eigenvalue weighted by molar-refractivity contribution is 6.12. The van der Waals surface area contributed by atoms with Crippen LogP contribution in [0.3, 0.4) is 0 Å². The van der Waals surface area contributed by atoms with E-state index in [1.54, 1.807) is 6.92 Å². The van der Waals surface area contributed by atoms with Crippen molar-refractivity contribution in [3.05, 3.63) is 46.8 Å². The number of aliphatic hydroxyl groups is 27. The summed E-state index contributed by atoms with van der Waals surface area (Å²) in [4.78, 5) is 71.1. The lowest BCUT2D eigenvalue weighted by molar-refractivity contribution is -0.534. The Labute approximate surface area is 776 Å². The quantitative estimate of drug-likeness (QED) is 0.00522. The summed E-state index contributed by atoms with van der Waals surface area (Å²) in [5, 5.41) is 304. The molecule has 5 aliphatic heterocycles. The van der Waals surface area contributed by atoms with Gasteiger partial charge >= 0.3 is 5.97 Å². The molecule has 28 N–H and O–H groups in total. The minimum atomic E-state index is -2.72. The molecule has 3 amide bonds. The Balaban J connectivity index is 0.834. The van der Waals surface area contributed by atoms with E-state index in [0.717, 1.165) is 36.5 Å². The first-order valence-electron chi connectivity index (χ1n) is 45.9.